The van der Waals surface area contributed by atoms with Crippen LogP contribution in [0.2, 0.25) is 0 Å². The number of nitrogens with one attached hydrogen (secondary N) is 1. The van der Waals surface area contributed by atoms with Crippen LogP contribution in [0.15, 0.2) is 30.3 Å². The zero-order valence-electron chi connectivity index (χ0n) is 21.0. The van der Waals surface area contributed by atoms with Crippen LogP contribution in [-0.4, -0.2) is 28.1 Å². The molecule has 31 heavy (non-hydrogen) atoms. The van der Waals surface area contributed by atoms with Gasteiger partial charge >= 0.3 is 0 Å². The van der Waals surface area contributed by atoms with E-state index in [4.69, 9.17) is 4.84 Å². The summed E-state index contributed by atoms with van der Waals surface area (Å²) < 4.78 is 0. The number of piperidine rings is 1. The molecular formula is C27H46N2O2. The van der Waals surface area contributed by atoms with Crippen molar-refractivity contribution in [3.05, 3.63) is 35.9 Å². The highest BCUT2D eigenvalue weighted by Crippen LogP contribution is 2.47. The molecule has 0 aromatic heterocycles. The van der Waals surface area contributed by atoms with E-state index in [0.717, 1.165) is 32.1 Å². The van der Waals surface area contributed by atoms with Crippen LogP contribution in [-0.2, 0) is 9.63 Å². The van der Waals surface area contributed by atoms with Crippen molar-refractivity contribution in [3.63, 3.8) is 0 Å². The van der Waals surface area contributed by atoms with Crippen molar-refractivity contribution in [1.29, 1.82) is 0 Å². The van der Waals surface area contributed by atoms with Gasteiger partial charge < -0.3 is 5.32 Å². The molecule has 0 bridgehead atoms. The second kappa shape index (κ2) is 11.5. The van der Waals surface area contributed by atoms with E-state index in [1.807, 2.05) is 6.07 Å². The van der Waals surface area contributed by atoms with Gasteiger partial charge in [0.2, 0.25) is 5.91 Å². The molecule has 1 N–H and O–H groups in total. The summed E-state index contributed by atoms with van der Waals surface area (Å²) in [6.45, 7) is 15.7. The maximum absolute atomic E-state index is 12.7. The quantitative estimate of drug-likeness (QED) is 0.392. The van der Waals surface area contributed by atoms with Crippen molar-refractivity contribution in [3.8, 4) is 0 Å². The summed E-state index contributed by atoms with van der Waals surface area (Å²) in [5.74, 6) is 0.497. The van der Waals surface area contributed by atoms with Gasteiger partial charge in [-0.3, -0.25) is 9.63 Å². The predicted molar refractivity (Wildman–Crippen MR) is 130 cm³/mol. The Morgan fingerprint density at radius 3 is 2.39 bits per heavy atom. The fourth-order valence-corrected chi connectivity index (χ4v) is 5.08. The third-order valence-electron chi connectivity index (χ3n) is 7.81. The number of unbranched alkanes of at least 4 members (excludes halogenated alkanes) is 3. The Morgan fingerprint density at radius 1 is 1.13 bits per heavy atom. The number of rotatable bonds is 11. The summed E-state index contributed by atoms with van der Waals surface area (Å²) >= 11 is 0. The van der Waals surface area contributed by atoms with Crippen LogP contribution in [0.3, 0.4) is 0 Å². The van der Waals surface area contributed by atoms with Gasteiger partial charge in [-0.1, -0.05) is 77.3 Å². The lowest BCUT2D eigenvalue weighted by Crippen LogP contribution is -2.70. The first-order valence-electron chi connectivity index (χ1n) is 12.5. The molecule has 1 saturated heterocycles. The van der Waals surface area contributed by atoms with Crippen LogP contribution in [0.25, 0.3) is 0 Å². The molecule has 0 saturated carbocycles. The van der Waals surface area contributed by atoms with Crippen molar-refractivity contribution in [2.45, 2.75) is 123 Å². The highest BCUT2D eigenvalue weighted by atomic mass is 16.7. The van der Waals surface area contributed by atoms with Crippen LogP contribution >= 0.6 is 0 Å². The summed E-state index contributed by atoms with van der Waals surface area (Å²) in [5, 5.41) is 5.71. The lowest BCUT2D eigenvalue weighted by molar-refractivity contribution is -0.327. The number of nitrogens with zero attached hydrogens (tertiary/aromatic N) is 1. The van der Waals surface area contributed by atoms with E-state index in [0.29, 0.717) is 12.3 Å². The zero-order chi connectivity index (χ0) is 23.1. The van der Waals surface area contributed by atoms with Crippen molar-refractivity contribution >= 4 is 5.91 Å². The van der Waals surface area contributed by atoms with E-state index in [-0.39, 0.29) is 29.1 Å². The Labute approximate surface area is 191 Å². The number of hydrogen-bond acceptors (Lipinski definition) is 3. The Kier molecular flexibility index (Phi) is 9.57. The SMILES string of the molecule is CCCCCCC(=O)N[C@@H]1C[C@](C)(CC)N(O[C@H](C)c2ccccc2)[C@@](C)(CC)[C@@H]1C. The van der Waals surface area contributed by atoms with Gasteiger partial charge in [0, 0.05) is 23.5 Å². The van der Waals surface area contributed by atoms with Gasteiger partial charge in [-0.05, 0) is 57.9 Å². The summed E-state index contributed by atoms with van der Waals surface area (Å²) in [7, 11) is 0. The molecule has 1 amide bonds. The molecule has 1 heterocycles. The summed E-state index contributed by atoms with van der Waals surface area (Å²) in [5.41, 5.74) is 0.890. The fourth-order valence-electron chi connectivity index (χ4n) is 5.08. The molecule has 176 valence electrons. The molecule has 1 aromatic rings. The monoisotopic (exact) mass is 430 g/mol. The molecular weight excluding hydrogens is 384 g/mol. The topological polar surface area (TPSA) is 41.6 Å². The molecule has 1 aliphatic heterocycles. The standard InChI is InChI=1S/C27H46N2O2/c1-8-11-12-16-19-25(30)28-24-20-26(6,9-2)29(27(7,10-3)21(24)4)31-22(5)23-17-14-13-15-18-23/h13-15,17-18,21-22,24H,8-12,16,19-20H2,1-7H3,(H,28,30)/t21-,22-,24-,26+,27+/m1/s1. The minimum absolute atomic E-state index is 0.0187. The average molecular weight is 431 g/mol. The average Bonchev–Trinajstić information content (AvgIpc) is 2.78. The first kappa shape index (κ1) is 25.9. The van der Waals surface area contributed by atoms with Crippen LogP contribution in [0, 0.1) is 5.92 Å². The van der Waals surface area contributed by atoms with Crippen molar-refractivity contribution in [2.75, 3.05) is 0 Å². The zero-order valence-corrected chi connectivity index (χ0v) is 21.0. The Balaban J connectivity index is 2.18. The van der Waals surface area contributed by atoms with Crippen LogP contribution in [0.1, 0.15) is 112 Å². The second-order valence-corrected chi connectivity index (χ2v) is 9.99. The summed E-state index contributed by atoms with van der Waals surface area (Å²) in [6, 6.07) is 10.6. The Bertz CT molecular complexity index is 679. The van der Waals surface area contributed by atoms with Gasteiger partial charge in [-0.25, -0.2) is 0 Å². The van der Waals surface area contributed by atoms with E-state index in [1.165, 1.54) is 18.4 Å². The third kappa shape index (κ3) is 6.10. The number of carbonyl (C=O) groups is 1. The predicted octanol–water partition coefficient (Wildman–Crippen LogP) is 6.81. The molecule has 0 aliphatic carbocycles. The van der Waals surface area contributed by atoms with Gasteiger partial charge in [0.05, 0.1) is 0 Å². The molecule has 1 aliphatic rings. The van der Waals surface area contributed by atoms with E-state index in [9.17, 15) is 4.79 Å². The van der Waals surface area contributed by atoms with Crippen LogP contribution < -0.4 is 5.32 Å². The molecule has 4 nitrogen and oxygen atoms in total. The first-order chi connectivity index (χ1) is 14.7. The van der Waals surface area contributed by atoms with Crippen molar-refractivity contribution < 1.29 is 9.63 Å². The fraction of sp³-hybridized carbons (Fsp3) is 0.741. The highest BCUT2D eigenvalue weighted by molar-refractivity contribution is 5.76. The lowest BCUT2D eigenvalue weighted by atomic mass is 9.68. The smallest absolute Gasteiger partial charge is 0.220 e. The third-order valence-corrected chi connectivity index (χ3v) is 7.81. The first-order valence-corrected chi connectivity index (χ1v) is 12.5. The molecule has 2 rings (SSSR count). The minimum atomic E-state index is -0.161. The maximum atomic E-state index is 12.7. The van der Waals surface area contributed by atoms with Crippen LogP contribution in [0.4, 0.5) is 0 Å². The molecule has 5 atom stereocenters. The number of hydrogen-bond donors (Lipinski definition) is 1. The number of carbonyl (C=O) groups excluding carboxylic acids is 1. The van der Waals surface area contributed by atoms with E-state index in [2.05, 4.69) is 83.1 Å². The Morgan fingerprint density at radius 2 is 1.81 bits per heavy atom. The van der Waals surface area contributed by atoms with Gasteiger partial charge in [0.1, 0.15) is 6.10 Å². The van der Waals surface area contributed by atoms with Crippen molar-refractivity contribution in [1.82, 2.24) is 10.4 Å². The number of benzene rings is 1. The van der Waals surface area contributed by atoms with Gasteiger partial charge in [-0.15, -0.1) is 0 Å². The molecule has 1 fully saturated rings. The highest BCUT2D eigenvalue weighted by Gasteiger charge is 2.54. The van der Waals surface area contributed by atoms with Crippen molar-refractivity contribution in [2.24, 2.45) is 5.92 Å². The number of amides is 1. The largest absolute Gasteiger partial charge is 0.353 e. The summed E-state index contributed by atoms with van der Waals surface area (Å²) in [6.07, 6.45) is 8.00. The second-order valence-electron chi connectivity index (χ2n) is 9.99. The number of hydroxylamine groups is 2. The minimum Gasteiger partial charge on any atom is -0.353 e. The van der Waals surface area contributed by atoms with Gasteiger partial charge in [-0.2, -0.15) is 5.06 Å². The molecule has 1 aromatic carbocycles. The van der Waals surface area contributed by atoms with Crippen LogP contribution in [0.5, 0.6) is 0 Å². The van der Waals surface area contributed by atoms with E-state index < -0.39 is 0 Å². The van der Waals surface area contributed by atoms with E-state index >= 15 is 0 Å². The molecule has 0 spiro atoms. The maximum Gasteiger partial charge on any atom is 0.220 e. The van der Waals surface area contributed by atoms with E-state index in [1.54, 1.807) is 0 Å². The molecule has 0 radical (unpaired) electrons. The Hall–Kier alpha value is -1.39. The normalized spacial score (nSPS) is 30.2. The molecule has 4 heteroatoms. The lowest BCUT2D eigenvalue weighted by Gasteiger charge is -2.60. The summed E-state index contributed by atoms with van der Waals surface area (Å²) in [4.78, 5) is 19.4. The van der Waals surface area contributed by atoms with Gasteiger partial charge in [0.15, 0.2) is 0 Å². The molecule has 0 unspecified atom stereocenters. The van der Waals surface area contributed by atoms with Gasteiger partial charge in [0.25, 0.3) is 0 Å².